The highest BCUT2D eigenvalue weighted by Crippen LogP contribution is 2.47. The Bertz CT molecular complexity index is 991. The van der Waals surface area contributed by atoms with Crippen LogP contribution >= 0.6 is 15.6 Å². The normalized spacial score (nSPS) is 28.8. The van der Waals surface area contributed by atoms with Gasteiger partial charge in [-0.2, -0.15) is 0 Å². The summed E-state index contributed by atoms with van der Waals surface area (Å²) in [5.74, 6) is 0. The summed E-state index contributed by atoms with van der Waals surface area (Å²) in [6, 6.07) is 0.932. The zero-order valence-electron chi connectivity index (χ0n) is 17.4. The SMILES string of the molecule is [2H]C([2H])(OP(=O)(O)O)[C@H]1O[C@@H](n2ccc(=O)[nH]c2=O)[C@@H](OC)C1OP(=O)([O-])OC(C)C. The van der Waals surface area contributed by atoms with Gasteiger partial charge in [0.25, 0.3) is 13.4 Å². The first kappa shape index (κ1) is 21.1. The van der Waals surface area contributed by atoms with E-state index in [0.717, 1.165) is 23.9 Å². The predicted octanol–water partition coefficient (Wildman–Crippen LogP) is -1.16. The molecule has 1 fully saturated rings. The van der Waals surface area contributed by atoms with Crippen LogP contribution in [0.2, 0.25) is 0 Å². The molecule has 29 heavy (non-hydrogen) atoms. The van der Waals surface area contributed by atoms with E-state index in [-0.39, 0.29) is 0 Å². The number of phosphoric ester groups is 2. The Morgan fingerprint density at radius 3 is 2.55 bits per heavy atom. The number of hydrogen-bond acceptors (Lipinski definition) is 10. The molecule has 166 valence electrons. The number of H-pyrrole nitrogens is 1. The summed E-state index contributed by atoms with van der Waals surface area (Å²) in [5.41, 5.74) is -1.77. The Kier molecular flexibility index (Phi) is 6.76. The Morgan fingerprint density at radius 2 is 2.03 bits per heavy atom. The van der Waals surface area contributed by atoms with Crippen molar-refractivity contribution in [2.45, 2.75) is 44.5 Å². The third-order valence-electron chi connectivity index (χ3n) is 3.47. The molecule has 0 aromatic carbocycles. The molecule has 0 bridgehead atoms. The molecule has 1 saturated heterocycles. The highest BCUT2D eigenvalue weighted by atomic mass is 31.2. The second kappa shape index (κ2) is 9.31. The van der Waals surface area contributed by atoms with Crippen molar-refractivity contribution in [3.05, 3.63) is 33.1 Å². The second-order valence-corrected chi connectivity index (χ2v) is 8.52. The van der Waals surface area contributed by atoms with Crippen LogP contribution in [0.4, 0.5) is 0 Å². The van der Waals surface area contributed by atoms with E-state index in [1.807, 2.05) is 4.98 Å². The molecule has 2 heterocycles. The minimum Gasteiger partial charge on any atom is -0.756 e. The molecule has 16 heteroatoms. The number of hydrogen-bond donors (Lipinski definition) is 3. The second-order valence-electron chi connectivity index (χ2n) is 6.04. The molecular weight excluding hydrogens is 438 g/mol. The molecule has 0 radical (unpaired) electrons. The number of aromatic amines is 1. The van der Waals surface area contributed by atoms with Crippen LogP contribution in [0.25, 0.3) is 0 Å². The lowest BCUT2D eigenvalue weighted by atomic mass is 10.1. The van der Waals surface area contributed by atoms with Gasteiger partial charge < -0.3 is 33.2 Å². The maximum absolute atomic E-state index is 12.2. The largest absolute Gasteiger partial charge is 0.756 e. The lowest BCUT2D eigenvalue weighted by Crippen LogP contribution is -2.40. The molecule has 1 aliphatic heterocycles. The number of nitrogens with one attached hydrogen (secondary N) is 1. The van der Waals surface area contributed by atoms with Crippen LogP contribution in [0.3, 0.4) is 0 Å². The van der Waals surface area contributed by atoms with Gasteiger partial charge in [0.1, 0.15) is 18.3 Å². The topological polar surface area (TPSA) is 199 Å². The monoisotopic (exact) mass is 461 g/mol. The maximum Gasteiger partial charge on any atom is 0.469 e. The quantitative estimate of drug-likeness (QED) is 0.373. The van der Waals surface area contributed by atoms with Crippen LogP contribution < -0.4 is 16.1 Å². The highest BCUT2D eigenvalue weighted by molar-refractivity contribution is 7.46. The predicted molar refractivity (Wildman–Crippen MR) is 92.7 cm³/mol. The van der Waals surface area contributed by atoms with Crippen molar-refractivity contribution in [1.29, 1.82) is 0 Å². The van der Waals surface area contributed by atoms with Crippen molar-refractivity contribution in [3.8, 4) is 0 Å². The average molecular weight is 461 g/mol. The van der Waals surface area contributed by atoms with Crippen molar-refractivity contribution in [1.82, 2.24) is 9.55 Å². The molecule has 2 rings (SSSR count). The zero-order chi connectivity index (χ0) is 23.8. The van der Waals surface area contributed by atoms with Crippen LogP contribution in [0.5, 0.6) is 0 Å². The van der Waals surface area contributed by atoms with Crippen molar-refractivity contribution in [3.63, 3.8) is 0 Å². The highest BCUT2D eigenvalue weighted by Gasteiger charge is 2.49. The third kappa shape index (κ3) is 6.66. The minimum atomic E-state index is -5.42. The van der Waals surface area contributed by atoms with Crippen molar-refractivity contribution in [2.24, 2.45) is 0 Å². The number of nitrogens with zero attached hydrogens (tertiary/aromatic N) is 1. The van der Waals surface area contributed by atoms with Gasteiger partial charge >= 0.3 is 13.5 Å². The van der Waals surface area contributed by atoms with E-state index in [1.165, 1.54) is 13.8 Å². The molecule has 0 amide bonds. The van der Waals surface area contributed by atoms with E-state index in [4.69, 9.17) is 26.5 Å². The van der Waals surface area contributed by atoms with E-state index in [9.17, 15) is 23.6 Å². The molecule has 1 aromatic heterocycles. The van der Waals surface area contributed by atoms with Crippen LogP contribution in [0.1, 0.15) is 22.8 Å². The van der Waals surface area contributed by atoms with Crippen molar-refractivity contribution < 1.29 is 49.6 Å². The fraction of sp³-hybridized carbons (Fsp3) is 0.692. The first-order valence-electron chi connectivity index (χ1n) is 9.00. The van der Waals surface area contributed by atoms with E-state index in [0.29, 0.717) is 0 Å². The molecule has 0 spiro atoms. The number of rotatable bonds is 9. The number of aromatic nitrogens is 2. The summed E-state index contributed by atoms with van der Waals surface area (Å²) in [6.07, 6.45) is -7.05. The Hall–Kier alpha value is -1.18. The van der Waals surface area contributed by atoms with E-state index < -0.39 is 64.1 Å². The fourth-order valence-corrected chi connectivity index (χ4v) is 3.84. The first-order chi connectivity index (χ1) is 14.1. The summed E-state index contributed by atoms with van der Waals surface area (Å²) in [5, 5.41) is 0. The molecular formula is C13H21N2O12P2-. The molecule has 3 N–H and O–H groups in total. The van der Waals surface area contributed by atoms with Gasteiger partial charge in [-0.25, -0.2) is 9.36 Å². The fourth-order valence-electron chi connectivity index (χ4n) is 2.50. The zero-order valence-corrected chi connectivity index (χ0v) is 17.1. The van der Waals surface area contributed by atoms with Gasteiger partial charge in [-0.05, 0) is 13.8 Å². The van der Waals surface area contributed by atoms with Crippen LogP contribution in [0.15, 0.2) is 21.9 Å². The van der Waals surface area contributed by atoms with Crippen molar-refractivity contribution in [2.75, 3.05) is 13.7 Å². The van der Waals surface area contributed by atoms with E-state index in [1.54, 1.807) is 0 Å². The molecule has 1 aromatic rings. The van der Waals surface area contributed by atoms with Crippen LogP contribution in [0, 0.1) is 0 Å². The minimum absolute atomic E-state index is 0.749. The molecule has 0 saturated carbocycles. The van der Waals surface area contributed by atoms with Gasteiger partial charge in [0.2, 0.25) is 0 Å². The Labute approximate surface area is 167 Å². The van der Waals surface area contributed by atoms with Crippen LogP contribution in [-0.2, 0) is 32.2 Å². The van der Waals surface area contributed by atoms with Gasteiger partial charge in [0.05, 0.1) is 15.4 Å². The van der Waals surface area contributed by atoms with Gasteiger partial charge in [-0.15, -0.1) is 0 Å². The first-order valence-corrected chi connectivity index (χ1v) is 11.0. The number of methoxy groups -OCH3 is 1. The standard InChI is InChI=1S/C13H22N2O12P2/c1-7(2)26-29(21,22)27-10-8(6-24-28(18,19)20)25-12(11(10)23-3)15-5-4-9(16)14-13(15)17/h4-5,7-8,10-12H,6H2,1-3H3,(H,21,22)(H,14,16,17)(H2,18,19,20)/p-1/t8-,10?,11+,12-/m1/s1/i6D2. The molecule has 5 atom stereocenters. The Morgan fingerprint density at radius 1 is 1.38 bits per heavy atom. The van der Waals surface area contributed by atoms with Crippen molar-refractivity contribution >= 4 is 15.6 Å². The van der Waals surface area contributed by atoms with E-state index in [2.05, 4.69) is 9.05 Å². The van der Waals surface area contributed by atoms with Gasteiger partial charge in [-0.1, -0.05) is 0 Å². The lowest BCUT2D eigenvalue weighted by Gasteiger charge is -2.31. The molecule has 0 aliphatic carbocycles. The van der Waals surface area contributed by atoms with E-state index >= 15 is 0 Å². The summed E-state index contributed by atoms with van der Waals surface area (Å²) < 4.78 is 64.1. The van der Waals surface area contributed by atoms with Gasteiger partial charge in [0.15, 0.2) is 6.23 Å². The number of ether oxygens (including phenoxy) is 2. The van der Waals surface area contributed by atoms with Crippen LogP contribution in [-0.4, -0.2) is 57.4 Å². The molecule has 2 unspecified atom stereocenters. The number of phosphoric acid groups is 2. The smallest absolute Gasteiger partial charge is 0.469 e. The molecule has 1 aliphatic rings. The van der Waals surface area contributed by atoms with Gasteiger partial charge in [0, 0.05) is 19.4 Å². The summed E-state index contributed by atoms with van der Waals surface area (Å²) in [4.78, 5) is 55.6. The van der Waals surface area contributed by atoms with Gasteiger partial charge in [-0.3, -0.25) is 23.4 Å². The maximum atomic E-state index is 12.2. The third-order valence-corrected chi connectivity index (χ3v) is 4.99. The summed E-state index contributed by atoms with van der Waals surface area (Å²) >= 11 is 0. The summed E-state index contributed by atoms with van der Waals surface area (Å²) in [7, 11) is -9.47. The Balaban J connectivity index is 2.53. The summed E-state index contributed by atoms with van der Waals surface area (Å²) in [6.45, 7) is -0.564. The molecule has 14 nitrogen and oxygen atoms in total. The lowest BCUT2D eigenvalue weighted by molar-refractivity contribution is -0.236. The average Bonchev–Trinajstić information content (AvgIpc) is 2.89.